The average Bonchev–Trinajstić information content (AvgIpc) is 2.54. The molecule has 0 saturated carbocycles. The van der Waals surface area contributed by atoms with Crippen LogP contribution in [0.4, 0.5) is 0 Å². The van der Waals surface area contributed by atoms with Gasteiger partial charge in [-0.2, -0.15) is 0 Å². The van der Waals surface area contributed by atoms with Gasteiger partial charge in [-0.05, 0) is 13.0 Å². The number of carbonyl (C=O) groups is 2. The highest BCUT2D eigenvalue weighted by Gasteiger charge is 2.43. The number of carboxylic acid groups (broad SMARTS) is 1. The minimum absolute atomic E-state index is 0.0334. The van der Waals surface area contributed by atoms with Gasteiger partial charge in [-0.25, -0.2) is 4.79 Å². The SMILES string of the molecule is CC=CC(=O)NC1(C(=O)O)CCOC1. The molecule has 14 heavy (non-hydrogen) atoms. The van der Waals surface area contributed by atoms with E-state index < -0.39 is 17.4 Å². The van der Waals surface area contributed by atoms with Crippen molar-refractivity contribution >= 4 is 11.9 Å². The Bertz CT molecular complexity index is 266. The van der Waals surface area contributed by atoms with Crippen LogP contribution in [0.15, 0.2) is 12.2 Å². The van der Waals surface area contributed by atoms with Crippen LogP contribution in [-0.4, -0.2) is 35.7 Å². The van der Waals surface area contributed by atoms with E-state index in [1.165, 1.54) is 6.08 Å². The largest absolute Gasteiger partial charge is 0.479 e. The second-order valence-corrected chi connectivity index (χ2v) is 3.18. The summed E-state index contributed by atoms with van der Waals surface area (Å²) in [4.78, 5) is 22.1. The lowest BCUT2D eigenvalue weighted by molar-refractivity contribution is -0.147. The van der Waals surface area contributed by atoms with Crippen molar-refractivity contribution in [2.24, 2.45) is 0 Å². The molecule has 0 spiro atoms. The fourth-order valence-corrected chi connectivity index (χ4v) is 1.31. The zero-order chi connectivity index (χ0) is 10.6. The number of hydrogen-bond acceptors (Lipinski definition) is 3. The van der Waals surface area contributed by atoms with E-state index in [-0.39, 0.29) is 6.61 Å². The Morgan fingerprint density at radius 2 is 2.29 bits per heavy atom. The zero-order valence-electron chi connectivity index (χ0n) is 7.95. The fourth-order valence-electron chi connectivity index (χ4n) is 1.31. The molecule has 0 aromatic carbocycles. The van der Waals surface area contributed by atoms with Gasteiger partial charge in [0.25, 0.3) is 0 Å². The number of nitrogens with one attached hydrogen (secondary N) is 1. The molecule has 1 rings (SSSR count). The molecule has 0 aromatic heterocycles. The Balaban J connectivity index is 2.70. The Morgan fingerprint density at radius 3 is 2.71 bits per heavy atom. The predicted octanol–water partition coefficient (Wildman–Crippen LogP) is -0.0776. The lowest BCUT2D eigenvalue weighted by atomic mass is 9.99. The number of amides is 1. The van der Waals surface area contributed by atoms with Crippen molar-refractivity contribution in [1.29, 1.82) is 0 Å². The first-order valence-corrected chi connectivity index (χ1v) is 4.37. The van der Waals surface area contributed by atoms with Crippen molar-refractivity contribution in [1.82, 2.24) is 5.32 Å². The first-order chi connectivity index (χ1) is 6.60. The van der Waals surface area contributed by atoms with Crippen molar-refractivity contribution in [3.63, 3.8) is 0 Å². The molecule has 0 aromatic rings. The standard InChI is InChI=1S/C9H13NO4/c1-2-3-7(11)10-9(8(12)13)4-5-14-6-9/h2-3H,4-6H2,1H3,(H,10,11)(H,12,13). The van der Waals surface area contributed by atoms with E-state index in [9.17, 15) is 9.59 Å². The predicted molar refractivity (Wildman–Crippen MR) is 48.8 cm³/mol. The van der Waals surface area contributed by atoms with E-state index in [1.807, 2.05) is 0 Å². The summed E-state index contributed by atoms with van der Waals surface area (Å²) in [5.74, 6) is -1.45. The summed E-state index contributed by atoms with van der Waals surface area (Å²) in [6, 6.07) is 0. The van der Waals surface area contributed by atoms with E-state index >= 15 is 0 Å². The van der Waals surface area contributed by atoms with E-state index in [4.69, 9.17) is 9.84 Å². The highest BCUT2D eigenvalue weighted by molar-refractivity contribution is 5.93. The lowest BCUT2D eigenvalue weighted by Gasteiger charge is -2.22. The minimum atomic E-state index is -1.24. The molecule has 5 nitrogen and oxygen atoms in total. The number of carboxylic acids is 1. The summed E-state index contributed by atoms with van der Waals surface area (Å²) in [6.07, 6.45) is 3.16. The van der Waals surface area contributed by atoms with Gasteiger partial charge < -0.3 is 15.2 Å². The molecule has 0 bridgehead atoms. The molecule has 1 amide bonds. The third-order valence-corrected chi connectivity index (χ3v) is 2.11. The van der Waals surface area contributed by atoms with Crippen molar-refractivity contribution in [2.45, 2.75) is 18.9 Å². The molecule has 2 N–H and O–H groups in total. The Labute approximate surface area is 81.7 Å². The number of carbonyl (C=O) groups excluding carboxylic acids is 1. The topological polar surface area (TPSA) is 75.6 Å². The van der Waals surface area contributed by atoms with E-state index in [0.29, 0.717) is 13.0 Å². The van der Waals surface area contributed by atoms with E-state index in [0.717, 1.165) is 0 Å². The van der Waals surface area contributed by atoms with Crippen molar-refractivity contribution in [2.75, 3.05) is 13.2 Å². The molecule has 1 aliphatic rings. The van der Waals surface area contributed by atoms with Crippen molar-refractivity contribution in [3.8, 4) is 0 Å². The molecular formula is C9H13NO4. The third kappa shape index (κ3) is 2.11. The van der Waals surface area contributed by atoms with Gasteiger partial charge in [0.15, 0.2) is 5.54 Å². The summed E-state index contributed by atoms with van der Waals surface area (Å²) in [5, 5.41) is 11.4. The smallest absolute Gasteiger partial charge is 0.331 e. The molecule has 1 heterocycles. The number of rotatable bonds is 3. The van der Waals surface area contributed by atoms with Crippen LogP contribution in [0.1, 0.15) is 13.3 Å². The molecule has 0 aliphatic carbocycles. The summed E-state index contributed by atoms with van der Waals surface area (Å²) >= 11 is 0. The first-order valence-electron chi connectivity index (χ1n) is 4.37. The third-order valence-electron chi connectivity index (χ3n) is 2.11. The van der Waals surface area contributed by atoms with E-state index in [2.05, 4.69) is 5.32 Å². The van der Waals surface area contributed by atoms with Gasteiger partial charge >= 0.3 is 5.97 Å². The molecule has 1 fully saturated rings. The van der Waals surface area contributed by atoms with Crippen molar-refractivity contribution in [3.05, 3.63) is 12.2 Å². The monoisotopic (exact) mass is 199 g/mol. The molecule has 1 unspecified atom stereocenters. The van der Waals surface area contributed by atoms with Gasteiger partial charge in [-0.1, -0.05) is 6.08 Å². The van der Waals surface area contributed by atoms with Gasteiger partial charge in [0, 0.05) is 13.0 Å². The average molecular weight is 199 g/mol. The minimum Gasteiger partial charge on any atom is -0.479 e. The Hall–Kier alpha value is -1.36. The summed E-state index contributed by atoms with van der Waals surface area (Å²) in [5.41, 5.74) is -1.24. The molecule has 78 valence electrons. The number of allylic oxidation sites excluding steroid dienone is 1. The van der Waals surface area contributed by atoms with Gasteiger partial charge in [0.1, 0.15) is 0 Å². The highest BCUT2D eigenvalue weighted by Crippen LogP contribution is 2.18. The van der Waals surface area contributed by atoms with Gasteiger partial charge in [0.05, 0.1) is 6.61 Å². The fraction of sp³-hybridized carbons (Fsp3) is 0.556. The highest BCUT2D eigenvalue weighted by atomic mass is 16.5. The first kappa shape index (κ1) is 10.7. The quantitative estimate of drug-likeness (QED) is 0.623. The van der Waals surface area contributed by atoms with Crippen LogP contribution < -0.4 is 5.32 Å². The van der Waals surface area contributed by atoms with E-state index in [1.54, 1.807) is 13.0 Å². The zero-order valence-corrected chi connectivity index (χ0v) is 7.95. The van der Waals surface area contributed by atoms with Crippen LogP contribution in [0, 0.1) is 0 Å². The molecule has 1 aliphatic heterocycles. The van der Waals surface area contributed by atoms with Crippen LogP contribution in [-0.2, 0) is 14.3 Å². The molecular weight excluding hydrogens is 186 g/mol. The van der Waals surface area contributed by atoms with Gasteiger partial charge in [-0.3, -0.25) is 4.79 Å². The van der Waals surface area contributed by atoms with Crippen LogP contribution in [0.5, 0.6) is 0 Å². The molecule has 1 atom stereocenters. The number of aliphatic carboxylic acids is 1. The van der Waals surface area contributed by atoms with Crippen LogP contribution >= 0.6 is 0 Å². The number of hydrogen-bond donors (Lipinski definition) is 2. The van der Waals surface area contributed by atoms with Crippen LogP contribution in [0.25, 0.3) is 0 Å². The summed E-state index contributed by atoms with van der Waals surface area (Å²) < 4.78 is 4.98. The number of ether oxygens (including phenoxy) is 1. The molecule has 0 radical (unpaired) electrons. The van der Waals surface area contributed by atoms with Gasteiger partial charge in [0.2, 0.25) is 5.91 Å². The van der Waals surface area contributed by atoms with Gasteiger partial charge in [-0.15, -0.1) is 0 Å². The maximum Gasteiger partial charge on any atom is 0.331 e. The molecule has 5 heteroatoms. The van der Waals surface area contributed by atoms with Crippen LogP contribution in [0.2, 0.25) is 0 Å². The second-order valence-electron chi connectivity index (χ2n) is 3.18. The maximum atomic E-state index is 11.2. The maximum absolute atomic E-state index is 11.2. The Morgan fingerprint density at radius 1 is 1.57 bits per heavy atom. The summed E-state index contributed by atoms with van der Waals surface area (Å²) in [6.45, 7) is 2.09. The Kier molecular flexibility index (Phi) is 3.24. The second kappa shape index (κ2) is 4.23. The normalized spacial score (nSPS) is 26.6. The van der Waals surface area contributed by atoms with Crippen molar-refractivity contribution < 1.29 is 19.4 Å². The molecule has 1 saturated heterocycles. The lowest BCUT2D eigenvalue weighted by Crippen LogP contribution is -2.54. The van der Waals surface area contributed by atoms with Crippen LogP contribution in [0.3, 0.4) is 0 Å². The summed E-state index contributed by atoms with van der Waals surface area (Å²) in [7, 11) is 0.